The molecule has 0 spiro atoms. The minimum absolute atomic E-state index is 0.0295. The second-order valence-corrected chi connectivity index (χ2v) is 4.91. The van der Waals surface area contributed by atoms with Crippen LogP contribution in [0, 0.1) is 0 Å². The Hall–Kier alpha value is -0.750. The zero-order valence-corrected chi connectivity index (χ0v) is 10.3. The Morgan fingerprint density at radius 3 is 2.80 bits per heavy atom. The van der Waals surface area contributed by atoms with Gasteiger partial charge in [-0.1, -0.05) is 6.07 Å². The molecule has 2 aromatic rings. The van der Waals surface area contributed by atoms with Crippen LogP contribution in [0.25, 0.3) is 0 Å². The molecule has 0 aliphatic heterocycles. The van der Waals surface area contributed by atoms with Crippen molar-refractivity contribution in [3.63, 3.8) is 0 Å². The maximum Gasteiger partial charge on any atom is 0.0973 e. The molecule has 0 aliphatic carbocycles. The summed E-state index contributed by atoms with van der Waals surface area (Å²) < 4.78 is 0.966. The third-order valence-electron chi connectivity index (χ3n) is 2.04. The molecular formula is C10H10BrN3S. The van der Waals surface area contributed by atoms with Crippen molar-refractivity contribution in [1.29, 1.82) is 0 Å². The normalized spacial score (nSPS) is 12.7. The second kappa shape index (κ2) is 4.85. The highest BCUT2D eigenvalue weighted by Gasteiger charge is 2.14. The molecule has 78 valence electrons. The van der Waals surface area contributed by atoms with Gasteiger partial charge >= 0.3 is 0 Å². The molecule has 15 heavy (non-hydrogen) atoms. The van der Waals surface area contributed by atoms with Crippen molar-refractivity contribution in [3.8, 4) is 0 Å². The zero-order valence-electron chi connectivity index (χ0n) is 7.85. The molecule has 0 fully saturated rings. The fourth-order valence-corrected chi connectivity index (χ4v) is 2.36. The standard InChI is InChI=1S/C10H10BrN3S/c11-7-3-4-8(13-6-7)10(14-12)9-2-1-5-15-9/h1-6,10,14H,12H2. The SMILES string of the molecule is NNC(c1ccc(Br)cn1)c1cccs1. The third kappa shape index (κ3) is 2.43. The Balaban J connectivity index is 2.31. The summed E-state index contributed by atoms with van der Waals surface area (Å²) in [5, 5.41) is 2.03. The summed E-state index contributed by atoms with van der Waals surface area (Å²) in [6.07, 6.45) is 1.77. The summed E-state index contributed by atoms with van der Waals surface area (Å²) in [5.74, 6) is 5.54. The van der Waals surface area contributed by atoms with Crippen molar-refractivity contribution in [2.45, 2.75) is 6.04 Å². The fraction of sp³-hybridized carbons (Fsp3) is 0.100. The van der Waals surface area contributed by atoms with Crippen LogP contribution in [0.2, 0.25) is 0 Å². The largest absolute Gasteiger partial charge is 0.270 e. The molecule has 5 heteroatoms. The van der Waals surface area contributed by atoms with Crippen molar-refractivity contribution in [2.75, 3.05) is 0 Å². The molecular weight excluding hydrogens is 274 g/mol. The molecule has 1 atom stereocenters. The van der Waals surface area contributed by atoms with E-state index >= 15 is 0 Å². The highest BCUT2D eigenvalue weighted by molar-refractivity contribution is 9.10. The summed E-state index contributed by atoms with van der Waals surface area (Å²) >= 11 is 5.01. The van der Waals surface area contributed by atoms with Gasteiger partial charge in [-0.15, -0.1) is 11.3 Å². The van der Waals surface area contributed by atoms with Gasteiger partial charge in [-0.3, -0.25) is 10.8 Å². The maximum atomic E-state index is 5.54. The van der Waals surface area contributed by atoms with Gasteiger partial charge in [0.25, 0.3) is 0 Å². The Morgan fingerprint density at radius 2 is 2.27 bits per heavy atom. The van der Waals surface area contributed by atoms with E-state index in [4.69, 9.17) is 5.84 Å². The maximum absolute atomic E-state index is 5.54. The van der Waals surface area contributed by atoms with Gasteiger partial charge in [-0.25, -0.2) is 5.43 Å². The van der Waals surface area contributed by atoms with Gasteiger partial charge < -0.3 is 0 Å². The molecule has 0 amide bonds. The van der Waals surface area contributed by atoms with Crippen LogP contribution >= 0.6 is 27.3 Å². The van der Waals surface area contributed by atoms with E-state index in [1.54, 1.807) is 17.5 Å². The molecule has 1 unspecified atom stereocenters. The molecule has 0 radical (unpaired) electrons. The van der Waals surface area contributed by atoms with E-state index in [9.17, 15) is 0 Å². The average Bonchev–Trinajstić information content (AvgIpc) is 2.75. The lowest BCUT2D eigenvalue weighted by molar-refractivity contribution is 0.630. The zero-order chi connectivity index (χ0) is 10.7. The Morgan fingerprint density at radius 1 is 1.40 bits per heavy atom. The first-order chi connectivity index (χ1) is 7.31. The van der Waals surface area contributed by atoms with Gasteiger partial charge in [0.2, 0.25) is 0 Å². The van der Waals surface area contributed by atoms with Crippen molar-refractivity contribution >= 4 is 27.3 Å². The topological polar surface area (TPSA) is 50.9 Å². The molecule has 0 aliphatic rings. The van der Waals surface area contributed by atoms with E-state index < -0.39 is 0 Å². The van der Waals surface area contributed by atoms with Gasteiger partial charge in [0.15, 0.2) is 0 Å². The highest BCUT2D eigenvalue weighted by Crippen LogP contribution is 2.24. The molecule has 3 nitrogen and oxygen atoms in total. The Kier molecular flexibility index (Phi) is 3.48. The van der Waals surface area contributed by atoms with Crippen molar-refractivity contribution in [1.82, 2.24) is 10.4 Å². The highest BCUT2D eigenvalue weighted by atomic mass is 79.9. The van der Waals surface area contributed by atoms with Gasteiger partial charge in [-0.05, 0) is 39.5 Å². The van der Waals surface area contributed by atoms with E-state index in [1.807, 2.05) is 29.6 Å². The number of nitrogens with two attached hydrogens (primary N) is 1. The summed E-state index contributed by atoms with van der Waals surface area (Å²) in [4.78, 5) is 5.48. The van der Waals surface area contributed by atoms with E-state index in [1.165, 1.54) is 0 Å². The number of halogens is 1. The quantitative estimate of drug-likeness (QED) is 0.672. The fourth-order valence-electron chi connectivity index (χ4n) is 1.33. The molecule has 3 N–H and O–H groups in total. The third-order valence-corrected chi connectivity index (χ3v) is 3.45. The number of nitrogens with zero attached hydrogens (tertiary/aromatic N) is 1. The van der Waals surface area contributed by atoms with Gasteiger partial charge in [0.05, 0.1) is 11.7 Å². The van der Waals surface area contributed by atoms with Crippen LogP contribution < -0.4 is 11.3 Å². The molecule has 0 aromatic carbocycles. The number of nitrogens with one attached hydrogen (secondary N) is 1. The van der Waals surface area contributed by atoms with Crippen molar-refractivity contribution in [2.24, 2.45) is 5.84 Å². The number of hydrazine groups is 1. The lowest BCUT2D eigenvalue weighted by Gasteiger charge is -2.13. The molecule has 2 rings (SSSR count). The second-order valence-electron chi connectivity index (χ2n) is 3.02. The number of hydrogen-bond acceptors (Lipinski definition) is 4. The van der Waals surface area contributed by atoms with Crippen LogP contribution in [0.3, 0.4) is 0 Å². The monoisotopic (exact) mass is 283 g/mol. The smallest absolute Gasteiger partial charge is 0.0973 e. The first kappa shape index (κ1) is 10.8. The minimum Gasteiger partial charge on any atom is -0.270 e. The summed E-state index contributed by atoms with van der Waals surface area (Å²) in [6, 6.07) is 7.93. The van der Waals surface area contributed by atoms with Crippen LogP contribution in [0.1, 0.15) is 16.6 Å². The summed E-state index contributed by atoms with van der Waals surface area (Å²) in [7, 11) is 0. The van der Waals surface area contributed by atoms with E-state index in [0.717, 1.165) is 15.0 Å². The number of thiophene rings is 1. The minimum atomic E-state index is -0.0295. The predicted molar refractivity (Wildman–Crippen MR) is 65.4 cm³/mol. The first-order valence-electron chi connectivity index (χ1n) is 4.42. The number of pyridine rings is 1. The average molecular weight is 284 g/mol. The Labute approximate surface area is 100 Å². The van der Waals surface area contributed by atoms with Crippen LogP contribution in [-0.4, -0.2) is 4.98 Å². The van der Waals surface area contributed by atoms with Crippen molar-refractivity contribution < 1.29 is 0 Å². The lowest BCUT2D eigenvalue weighted by Crippen LogP contribution is -2.28. The number of hydrogen-bond donors (Lipinski definition) is 2. The van der Waals surface area contributed by atoms with Gasteiger partial charge in [0, 0.05) is 15.5 Å². The van der Waals surface area contributed by atoms with Crippen LogP contribution in [0.15, 0.2) is 40.3 Å². The molecule has 0 bridgehead atoms. The Bertz CT molecular complexity index is 413. The lowest BCUT2D eigenvalue weighted by atomic mass is 10.1. The van der Waals surface area contributed by atoms with E-state index in [0.29, 0.717) is 0 Å². The molecule has 0 saturated carbocycles. The summed E-state index contributed by atoms with van der Waals surface area (Å²) in [5.41, 5.74) is 3.69. The van der Waals surface area contributed by atoms with Crippen LogP contribution in [-0.2, 0) is 0 Å². The van der Waals surface area contributed by atoms with E-state index in [2.05, 4.69) is 26.3 Å². The van der Waals surface area contributed by atoms with Gasteiger partial charge in [0.1, 0.15) is 0 Å². The molecule has 0 saturated heterocycles. The number of rotatable bonds is 3. The molecule has 2 heterocycles. The van der Waals surface area contributed by atoms with E-state index in [-0.39, 0.29) is 6.04 Å². The predicted octanol–water partition coefficient (Wildman–Crippen LogP) is 2.46. The molecule has 2 aromatic heterocycles. The van der Waals surface area contributed by atoms with Gasteiger partial charge in [-0.2, -0.15) is 0 Å². The van der Waals surface area contributed by atoms with Crippen molar-refractivity contribution in [3.05, 3.63) is 50.9 Å². The first-order valence-corrected chi connectivity index (χ1v) is 6.09. The van der Waals surface area contributed by atoms with Crippen LogP contribution in [0.5, 0.6) is 0 Å². The van der Waals surface area contributed by atoms with Crippen LogP contribution in [0.4, 0.5) is 0 Å². The summed E-state index contributed by atoms with van der Waals surface area (Å²) in [6.45, 7) is 0. The number of aromatic nitrogens is 1.